The molecule has 0 unspecified atom stereocenters. The summed E-state index contributed by atoms with van der Waals surface area (Å²) in [6.45, 7) is 7.62. The van der Waals surface area contributed by atoms with E-state index in [1.54, 1.807) is 4.90 Å². The van der Waals surface area contributed by atoms with Crippen LogP contribution in [0.3, 0.4) is 0 Å². The van der Waals surface area contributed by atoms with Crippen molar-refractivity contribution in [3.63, 3.8) is 0 Å². The lowest BCUT2D eigenvalue weighted by molar-refractivity contribution is 0.209. The fourth-order valence-electron chi connectivity index (χ4n) is 2.61. The second-order valence-corrected chi connectivity index (χ2v) is 8.40. The first-order valence-electron chi connectivity index (χ1n) is 8.30. The predicted octanol–water partition coefficient (Wildman–Crippen LogP) is 2.90. The maximum absolute atomic E-state index is 12.3. The standard InChI is InChI=1S/C17H27N3O2S/c1-13(2)4-5-15-6-7-16(18-10-15)19-17(21)20-8-9-23(22)12-14(3)11-20/h6-7,10,13-14H,4-5,8-9,11-12H2,1-3H3,(H,18,19,21)/t14-,23+/m1/s1. The van der Waals surface area contributed by atoms with Crippen molar-refractivity contribution in [2.75, 3.05) is 29.9 Å². The topological polar surface area (TPSA) is 62.3 Å². The molecule has 1 fully saturated rings. The van der Waals surface area contributed by atoms with Crippen molar-refractivity contribution in [2.24, 2.45) is 11.8 Å². The smallest absolute Gasteiger partial charge is 0.323 e. The van der Waals surface area contributed by atoms with E-state index >= 15 is 0 Å². The number of anilines is 1. The van der Waals surface area contributed by atoms with E-state index in [1.807, 2.05) is 25.3 Å². The molecule has 1 N–H and O–H groups in total. The van der Waals surface area contributed by atoms with Gasteiger partial charge in [0.15, 0.2) is 0 Å². The van der Waals surface area contributed by atoms with Gasteiger partial charge in [0, 0.05) is 41.6 Å². The summed E-state index contributed by atoms with van der Waals surface area (Å²) in [5.41, 5.74) is 1.19. The van der Waals surface area contributed by atoms with E-state index in [-0.39, 0.29) is 11.9 Å². The quantitative estimate of drug-likeness (QED) is 0.919. The Morgan fingerprint density at radius 2 is 2.26 bits per heavy atom. The van der Waals surface area contributed by atoms with Crippen molar-refractivity contribution in [2.45, 2.75) is 33.6 Å². The molecule has 0 aliphatic carbocycles. The third-order valence-electron chi connectivity index (χ3n) is 3.95. The maximum Gasteiger partial charge on any atom is 0.323 e. The summed E-state index contributed by atoms with van der Waals surface area (Å²) in [5, 5.41) is 2.84. The number of carbonyl (C=O) groups is 1. The molecule has 0 aromatic carbocycles. The Bertz CT molecular complexity index is 545. The maximum atomic E-state index is 12.3. The van der Waals surface area contributed by atoms with Crippen molar-refractivity contribution in [3.8, 4) is 0 Å². The molecule has 0 bridgehead atoms. The van der Waals surface area contributed by atoms with Gasteiger partial charge < -0.3 is 4.90 Å². The predicted molar refractivity (Wildman–Crippen MR) is 95.0 cm³/mol. The SMILES string of the molecule is CC(C)CCc1ccc(NC(=O)N2CC[S@](=O)C[C@H](C)C2)nc1. The number of nitrogens with one attached hydrogen (secondary N) is 1. The summed E-state index contributed by atoms with van der Waals surface area (Å²) in [6.07, 6.45) is 3.97. The first kappa shape index (κ1) is 17.9. The van der Waals surface area contributed by atoms with Crippen LogP contribution in [0.2, 0.25) is 0 Å². The lowest BCUT2D eigenvalue weighted by atomic mass is 10.0. The molecule has 1 aromatic rings. The summed E-state index contributed by atoms with van der Waals surface area (Å²) in [6, 6.07) is 3.72. The number of urea groups is 1. The van der Waals surface area contributed by atoms with Crippen LogP contribution < -0.4 is 5.32 Å². The molecule has 1 aliphatic rings. The Hall–Kier alpha value is -1.43. The van der Waals surface area contributed by atoms with Gasteiger partial charge in [0.1, 0.15) is 5.82 Å². The number of nitrogens with zero attached hydrogens (tertiary/aromatic N) is 2. The van der Waals surface area contributed by atoms with Crippen LogP contribution in [0.5, 0.6) is 0 Å². The Labute approximate surface area is 141 Å². The molecule has 0 spiro atoms. The van der Waals surface area contributed by atoms with Crippen LogP contribution in [0, 0.1) is 11.8 Å². The van der Waals surface area contributed by atoms with Gasteiger partial charge in [-0.3, -0.25) is 9.53 Å². The molecule has 6 heteroatoms. The van der Waals surface area contributed by atoms with Gasteiger partial charge in [-0.2, -0.15) is 0 Å². The summed E-state index contributed by atoms with van der Waals surface area (Å²) in [4.78, 5) is 18.4. The number of hydrogen-bond acceptors (Lipinski definition) is 3. The molecule has 23 heavy (non-hydrogen) atoms. The van der Waals surface area contributed by atoms with Gasteiger partial charge in [0.25, 0.3) is 0 Å². The van der Waals surface area contributed by atoms with E-state index in [4.69, 9.17) is 0 Å². The minimum absolute atomic E-state index is 0.154. The van der Waals surface area contributed by atoms with Crippen LogP contribution in [-0.2, 0) is 17.2 Å². The zero-order chi connectivity index (χ0) is 16.8. The van der Waals surface area contributed by atoms with Crippen LogP contribution in [-0.4, -0.2) is 44.7 Å². The van der Waals surface area contributed by atoms with Gasteiger partial charge in [-0.1, -0.05) is 26.8 Å². The average Bonchev–Trinajstić information content (AvgIpc) is 2.67. The van der Waals surface area contributed by atoms with Gasteiger partial charge >= 0.3 is 6.03 Å². The van der Waals surface area contributed by atoms with E-state index in [9.17, 15) is 9.00 Å². The molecule has 0 saturated carbocycles. The second kappa shape index (κ2) is 8.43. The van der Waals surface area contributed by atoms with Crippen LogP contribution in [0.1, 0.15) is 32.8 Å². The second-order valence-electron chi connectivity index (χ2n) is 6.78. The fourth-order valence-corrected chi connectivity index (χ4v) is 3.94. The lowest BCUT2D eigenvalue weighted by Crippen LogP contribution is -2.38. The van der Waals surface area contributed by atoms with E-state index in [2.05, 4.69) is 24.1 Å². The molecule has 0 radical (unpaired) electrons. The first-order chi connectivity index (χ1) is 10.9. The number of amides is 2. The lowest BCUT2D eigenvalue weighted by Gasteiger charge is -2.22. The highest BCUT2D eigenvalue weighted by Crippen LogP contribution is 2.13. The van der Waals surface area contributed by atoms with Gasteiger partial charge in [-0.05, 0) is 36.3 Å². The highest BCUT2D eigenvalue weighted by molar-refractivity contribution is 7.85. The summed E-state index contributed by atoms with van der Waals surface area (Å²) < 4.78 is 11.7. The Morgan fingerprint density at radius 1 is 1.48 bits per heavy atom. The third-order valence-corrected chi connectivity index (χ3v) is 5.53. The van der Waals surface area contributed by atoms with Crippen molar-refractivity contribution < 1.29 is 9.00 Å². The number of aryl methyl sites for hydroxylation is 1. The molecule has 128 valence electrons. The van der Waals surface area contributed by atoms with Crippen molar-refractivity contribution in [1.82, 2.24) is 9.88 Å². The van der Waals surface area contributed by atoms with Crippen LogP contribution in [0.25, 0.3) is 0 Å². The van der Waals surface area contributed by atoms with Crippen LogP contribution in [0.4, 0.5) is 10.6 Å². The van der Waals surface area contributed by atoms with E-state index in [0.29, 0.717) is 36.3 Å². The van der Waals surface area contributed by atoms with Gasteiger partial charge in [0.05, 0.1) is 0 Å². The largest absolute Gasteiger partial charge is 0.323 e. The zero-order valence-corrected chi connectivity index (χ0v) is 15.1. The highest BCUT2D eigenvalue weighted by Gasteiger charge is 2.22. The minimum atomic E-state index is -0.818. The number of pyridine rings is 1. The summed E-state index contributed by atoms with van der Waals surface area (Å²) in [7, 11) is -0.818. The number of rotatable bonds is 4. The molecular weight excluding hydrogens is 310 g/mol. The van der Waals surface area contributed by atoms with E-state index in [0.717, 1.165) is 12.8 Å². The molecule has 2 atom stereocenters. The van der Waals surface area contributed by atoms with Gasteiger partial charge in [-0.25, -0.2) is 9.78 Å². The minimum Gasteiger partial charge on any atom is -0.323 e. The molecule has 5 nitrogen and oxygen atoms in total. The van der Waals surface area contributed by atoms with E-state index in [1.165, 1.54) is 5.56 Å². The Balaban J connectivity index is 1.90. The summed E-state index contributed by atoms with van der Waals surface area (Å²) in [5.74, 6) is 2.73. The fraction of sp³-hybridized carbons (Fsp3) is 0.647. The average molecular weight is 337 g/mol. The Kier molecular flexibility index (Phi) is 6.57. The van der Waals surface area contributed by atoms with Gasteiger partial charge in [-0.15, -0.1) is 0 Å². The molecule has 1 aliphatic heterocycles. The van der Waals surface area contributed by atoms with Gasteiger partial charge in [0.2, 0.25) is 0 Å². The number of aromatic nitrogens is 1. The number of carbonyl (C=O) groups excluding carboxylic acids is 1. The summed E-state index contributed by atoms with van der Waals surface area (Å²) >= 11 is 0. The third kappa shape index (κ3) is 5.94. The zero-order valence-electron chi connectivity index (χ0n) is 14.2. The molecule has 1 aromatic heterocycles. The molecule has 1 saturated heterocycles. The number of hydrogen-bond donors (Lipinski definition) is 1. The van der Waals surface area contributed by atoms with E-state index < -0.39 is 10.8 Å². The normalized spacial score (nSPS) is 22.0. The Morgan fingerprint density at radius 3 is 2.91 bits per heavy atom. The van der Waals surface area contributed by atoms with Crippen molar-refractivity contribution >= 4 is 22.6 Å². The molecule has 2 rings (SSSR count). The van der Waals surface area contributed by atoms with Crippen molar-refractivity contribution in [1.29, 1.82) is 0 Å². The highest BCUT2D eigenvalue weighted by atomic mass is 32.2. The van der Waals surface area contributed by atoms with Crippen LogP contribution >= 0.6 is 0 Å². The van der Waals surface area contributed by atoms with Crippen LogP contribution in [0.15, 0.2) is 18.3 Å². The molecular formula is C17H27N3O2S. The molecule has 2 amide bonds. The first-order valence-corrected chi connectivity index (χ1v) is 9.78. The van der Waals surface area contributed by atoms with Crippen molar-refractivity contribution in [3.05, 3.63) is 23.9 Å². The molecule has 2 heterocycles. The monoisotopic (exact) mass is 337 g/mol.